The predicted octanol–water partition coefficient (Wildman–Crippen LogP) is 12.1. The molecule has 0 spiro atoms. The van der Waals surface area contributed by atoms with Gasteiger partial charge in [-0.25, -0.2) is 4.79 Å². The smallest absolute Gasteiger partial charge is 0.335 e. The molecule has 0 fully saturated rings. The number of allylic oxidation sites excluding steroid dienone is 2. The van der Waals surface area contributed by atoms with Crippen LogP contribution >= 0.6 is 0 Å². The second-order valence-electron chi connectivity index (χ2n) is 17.8. The van der Waals surface area contributed by atoms with Gasteiger partial charge < -0.3 is 5.11 Å². The van der Waals surface area contributed by atoms with Gasteiger partial charge in [0.05, 0.1) is 11.6 Å². The maximum atomic E-state index is 11.9. The highest BCUT2D eigenvalue weighted by molar-refractivity contribution is 6.64. The van der Waals surface area contributed by atoms with Crippen LogP contribution in [0.3, 0.4) is 0 Å². The number of carbonyl (C=O) groups is 1. The first-order valence-corrected chi connectivity index (χ1v) is 19.3. The maximum absolute atomic E-state index is 11.9. The minimum Gasteiger partial charge on any atom is -0.478 e. The summed E-state index contributed by atoms with van der Waals surface area (Å²) in [5.74, 6) is 0.963. The Morgan fingerprint density at radius 1 is 0.509 bits per heavy atom. The summed E-state index contributed by atoms with van der Waals surface area (Å²) < 4.78 is 0. The molecule has 0 aromatic heterocycles. The molecule has 1 heterocycles. The lowest BCUT2D eigenvalue weighted by Gasteiger charge is -2.37. The Hall–Kier alpha value is -6.03. The molecule has 240 valence electrons. The van der Waals surface area contributed by atoms with Crippen molar-refractivity contribution in [2.75, 3.05) is 7.05 Å². The minimum atomic E-state index is -0.876. The lowest BCUT2D eigenvalue weighted by atomic mass is 9.65. The Kier molecular flexibility index (Phi) is 3.06. The third-order valence-corrected chi connectivity index (χ3v) is 16.4. The van der Waals surface area contributed by atoms with Crippen LogP contribution in [0.15, 0.2) is 72.8 Å². The fourth-order valence-electron chi connectivity index (χ4n) is 15.2. The first-order chi connectivity index (χ1) is 26.1. The molecule has 53 heavy (non-hydrogen) atoms. The Morgan fingerprint density at radius 3 is 1.66 bits per heavy atom. The van der Waals surface area contributed by atoms with E-state index in [1.54, 1.807) is 82.9 Å². The van der Waals surface area contributed by atoms with Crippen molar-refractivity contribution in [3.63, 3.8) is 0 Å². The minimum absolute atomic E-state index is 0.0378. The zero-order chi connectivity index (χ0) is 33.6. The second kappa shape index (κ2) is 6.68. The van der Waals surface area contributed by atoms with E-state index in [1.165, 1.54) is 86.7 Å². The Labute approximate surface area is 298 Å². The first kappa shape index (κ1) is 24.3. The van der Waals surface area contributed by atoms with E-state index < -0.39 is 5.97 Å². The van der Waals surface area contributed by atoms with Crippen LogP contribution in [0.5, 0.6) is 0 Å². The third kappa shape index (κ3) is 1.91. The zero-order valence-electron chi connectivity index (χ0n) is 28.3. The van der Waals surface area contributed by atoms with Crippen molar-refractivity contribution in [3.05, 3.63) is 117 Å². The molecule has 1 aliphatic heterocycles. The van der Waals surface area contributed by atoms with Crippen molar-refractivity contribution in [1.82, 2.24) is 4.90 Å². The summed E-state index contributed by atoms with van der Waals surface area (Å²) in [6, 6.07) is 22.8. The van der Waals surface area contributed by atoms with E-state index in [-0.39, 0.29) is 6.04 Å². The van der Waals surface area contributed by atoms with Gasteiger partial charge >= 0.3 is 5.97 Å². The topological polar surface area (TPSA) is 40.5 Å². The van der Waals surface area contributed by atoms with Crippen LogP contribution in [-0.2, 0) is 6.54 Å². The molecule has 18 rings (SSSR count). The van der Waals surface area contributed by atoms with Gasteiger partial charge in [-0.3, -0.25) is 4.90 Å². The fraction of sp³-hybridized carbons (Fsp3) is 0.140. The van der Waals surface area contributed by atoms with Crippen molar-refractivity contribution in [1.29, 1.82) is 0 Å². The standard InChI is InChI=1S/C50H23NO2/c1-51-14-25-26-23-12-10-21-19-8-6-17-18-7-9-20-22-11-13-24-34-32(22)40-30(20)28(18)38-27(17)29(19)39-31(21)33(23)41-37(26)43(42(34)48-46(40)44(38)45(39)47(41)48)35(24)36(25)49(51)15-2-4-16(5-3-15)50(52)53/h2-13,18,20,28,30,49H,14H2,1H3,(H,52,53). The van der Waals surface area contributed by atoms with Crippen LogP contribution < -0.4 is 0 Å². The number of carboxylic acid groups (broad SMARTS) is 1. The number of aromatic carboxylic acids is 1. The first-order valence-electron chi connectivity index (χ1n) is 19.3. The molecular formula is C50H23NO2. The molecular weight excluding hydrogens is 647 g/mol. The van der Waals surface area contributed by atoms with Crippen LogP contribution in [-0.4, -0.2) is 23.0 Å². The molecule has 13 aromatic carbocycles. The van der Waals surface area contributed by atoms with Gasteiger partial charge in [-0.2, -0.15) is 0 Å². The molecule has 5 atom stereocenters. The summed E-state index contributed by atoms with van der Waals surface area (Å²) in [4.78, 5) is 14.5. The molecule has 4 aliphatic carbocycles. The van der Waals surface area contributed by atoms with Gasteiger partial charge in [0.15, 0.2) is 0 Å². The van der Waals surface area contributed by atoms with E-state index in [2.05, 4.69) is 72.6 Å². The fourth-order valence-corrected chi connectivity index (χ4v) is 15.2. The average Bonchev–Trinajstić information content (AvgIpc) is 4.02. The zero-order valence-corrected chi connectivity index (χ0v) is 28.3. The molecule has 0 radical (unpaired) electrons. The van der Waals surface area contributed by atoms with Gasteiger partial charge in [0.2, 0.25) is 0 Å². The van der Waals surface area contributed by atoms with Crippen molar-refractivity contribution in [2.45, 2.75) is 36.3 Å². The number of benzene rings is 9. The quantitative estimate of drug-likeness (QED) is 0.147. The summed E-state index contributed by atoms with van der Waals surface area (Å²) in [5, 5.41) is 43.3. The number of carboxylic acids is 1. The molecule has 13 aromatic rings. The molecule has 0 amide bonds. The van der Waals surface area contributed by atoms with Crippen LogP contribution in [0.2, 0.25) is 0 Å². The highest BCUT2D eigenvalue weighted by Crippen LogP contribution is 2.75. The molecule has 5 aliphatic rings. The number of hydrogen-bond donors (Lipinski definition) is 1. The van der Waals surface area contributed by atoms with Crippen molar-refractivity contribution in [2.24, 2.45) is 0 Å². The van der Waals surface area contributed by atoms with E-state index >= 15 is 0 Å². The molecule has 0 saturated carbocycles. The molecule has 0 saturated heterocycles. The normalized spacial score (nSPS) is 24.4. The summed E-state index contributed by atoms with van der Waals surface area (Å²) in [6.45, 7) is 0.866. The Morgan fingerprint density at radius 2 is 0.981 bits per heavy atom. The number of nitrogens with zero attached hydrogens (tertiary/aromatic N) is 1. The largest absolute Gasteiger partial charge is 0.478 e. The van der Waals surface area contributed by atoms with E-state index in [4.69, 9.17) is 0 Å². The Bertz CT molecular complexity index is 4000. The molecule has 3 heteroatoms. The highest BCUT2D eigenvalue weighted by Gasteiger charge is 2.54. The highest BCUT2D eigenvalue weighted by atomic mass is 16.4. The van der Waals surface area contributed by atoms with Crippen LogP contribution in [0.25, 0.3) is 118 Å². The lowest BCUT2D eigenvalue weighted by Crippen LogP contribution is -2.22. The SMILES string of the molecule is CN1Cc2c(c3c4ccc5c6c7c8c9c%10c%11c(ccc%12c%13ccc%14c2c2c3c(c64)c8c3c9c(c%11%12)c%13c%14c23)C2C=CC5C7C%102)C1c1ccc(C(=O)O)cc1. The maximum Gasteiger partial charge on any atom is 0.335 e. The van der Waals surface area contributed by atoms with Gasteiger partial charge in [0, 0.05) is 30.2 Å². The van der Waals surface area contributed by atoms with E-state index in [0.29, 0.717) is 29.2 Å². The Balaban J connectivity index is 1.22. The van der Waals surface area contributed by atoms with Crippen molar-refractivity contribution < 1.29 is 9.90 Å². The third-order valence-electron chi connectivity index (χ3n) is 16.4. The van der Waals surface area contributed by atoms with Gasteiger partial charge in [-0.05, 0) is 177 Å². The predicted molar refractivity (Wildman–Crippen MR) is 215 cm³/mol. The van der Waals surface area contributed by atoms with Gasteiger partial charge in [-0.1, -0.05) is 60.7 Å². The lowest BCUT2D eigenvalue weighted by molar-refractivity contribution is 0.0697. The summed E-state index contributed by atoms with van der Waals surface area (Å²) in [6.07, 6.45) is 5.24. The van der Waals surface area contributed by atoms with Gasteiger partial charge in [0.25, 0.3) is 0 Å². The summed E-state index contributed by atoms with van der Waals surface area (Å²) >= 11 is 0. The number of rotatable bonds is 2. The average molecular weight is 670 g/mol. The van der Waals surface area contributed by atoms with Gasteiger partial charge in [-0.15, -0.1) is 0 Å². The van der Waals surface area contributed by atoms with E-state index in [1.807, 2.05) is 0 Å². The van der Waals surface area contributed by atoms with Crippen molar-refractivity contribution >= 4 is 124 Å². The molecule has 0 bridgehead atoms. The number of hydrogen-bond acceptors (Lipinski definition) is 2. The molecule has 5 unspecified atom stereocenters. The summed E-state index contributed by atoms with van der Waals surface area (Å²) in [5.41, 5.74) is 10.9. The second-order valence-corrected chi connectivity index (χ2v) is 17.8. The van der Waals surface area contributed by atoms with Crippen LogP contribution in [0, 0.1) is 0 Å². The van der Waals surface area contributed by atoms with Gasteiger partial charge in [0.1, 0.15) is 0 Å². The van der Waals surface area contributed by atoms with E-state index in [0.717, 1.165) is 6.54 Å². The molecule has 1 N–H and O–H groups in total. The molecule has 3 nitrogen and oxygen atoms in total. The number of fused-ring (bicyclic) bond motifs is 8. The van der Waals surface area contributed by atoms with Crippen LogP contribution in [0.4, 0.5) is 0 Å². The monoisotopic (exact) mass is 669 g/mol. The van der Waals surface area contributed by atoms with Crippen molar-refractivity contribution in [3.8, 4) is 0 Å². The van der Waals surface area contributed by atoms with Crippen LogP contribution in [0.1, 0.15) is 79.0 Å². The van der Waals surface area contributed by atoms with E-state index in [9.17, 15) is 9.90 Å². The summed E-state index contributed by atoms with van der Waals surface area (Å²) in [7, 11) is 2.27.